The summed E-state index contributed by atoms with van der Waals surface area (Å²) >= 11 is 5.03. The first-order chi connectivity index (χ1) is 14.2. The van der Waals surface area contributed by atoms with Gasteiger partial charge in [-0.1, -0.05) is 48.5 Å². The molecular weight excluding hydrogens is 384 g/mol. The van der Waals surface area contributed by atoms with E-state index in [1.165, 1.54) is 0 Å². The van der Waals surface area contributed by atoms with Crippen molar-refractivity contribution in [3.8, 4) is 11.5 Å². The van der Waals surface area contributed by atoms with Crippen LogP contribution in [0, 0.1) is 0 Å². The van der Waals surface area contributed by atoms with E-state index in [4.69, 9.17) is 21.7 Å². The smallest absolute Gasteiger partial charge is 0.273 e. The summed E-state index contributed by atoms with van der Waals surface area (Å²) in [6.07, 6.45) is 3.64. The van der Waals surface area contributed by atoms with Crippen LogP contribution >= 0.6 is 12.2 Å². The van der Waals surface area contributed by atoms with E-state index in [0.717, 1.165) is 22.1 Å². The third-order valence-corrected chi connectivity index (χ3v) is 4.86. The van der Waals surface area contributed by atoms with Gasteiger partial charge in [-0.25, -0.2) is 0 Å². The molecule has 0 unspecified atom stereocenters. The van der Waals surface area contributed by atoms with Gasteiger partial charge >= 0.3 is 0 Å². The molecule has 2 aromatic carbocycles. The Morgan fingerprint density at radius 3 is 2.62 bits per heavy atom. The van der Waals surface area contributed by atoms with Gasteiger partial charge < -0.3 is 9.73 Å². The maximum Gasteiger partial charge on any atom is 0.273 e. The Morgan fingerprint density at radius 1 is 1.07 bits per heavy atom. The normalized spacial score (nSPS) is 15.1. The van der Waals surface area contributed by atoms with Crippen molar-refractivity contribution in [3.05, 3.63) is 83.7 Å². The molecule has 0 spiro atoms. The van der Waals surface area contributed by atoms with E-state index < -0.39 is 0 Å². The van der Waals surface area contributed by atoms with Gasteiger partial charge in [0.05, 0.1) is 6.54 Å². The van der Waals surface area contributed by atoms with Crippen LogP contribution < -0.4 is 10.6 Å². The van der Waals surface area contributed by atoms with Gasteiger partial charge in [-0.3, -0.25) is 14.8 Å². The maximum absolute atomic E-state index is 12.1. The third-order valence-electron chi connectivity index (χ3n) is 4.66. The van der Waals surface area contributed by atoms with Gasteiger partial charge in [0, 0.05) is 17.1 Å². The van der Waals surface area contributed by atoms with Gasteiger partial charge in [0.15, 0.2) is 10.9 Å². The Labute approximate surface area is 171 Å². The zero-order chi connectivity index (χ0) is 19.8. The molecule has 4 aromatic rings. The first kappa shape index (κ1) is 17.4. The Bertz CT molecular complexity index is 1240. The Kier molecular flexibility index (Phi) is 4.22. The lowest BCUT2D eigenvalue weighted by atomic mass is 10.1. The average molecular weight is 400 g/mol. The molecule has 0 saturated carbocycles. The van der Waals surface area contributed by atoms with Gasteiger partial charge in [0.2, 0.25) is 0 Å². The molecule has 7 heteroatoms. The number of rotatable bonds is 4. The van der Waals surface area contributed by atoms with E-state index in [-0.39, 0.29) is 5.91 Å². The largest absolute Gasteiger partial charge is 0.454 e. The lowest BCUT2D eigenvalue weighted by molar-refractivity contribution is -0.115. The topological polar surface area (TPSA) is 72.1 Å². The fourth-order valence-electron chi connectivity index (χ4n) is 3.32. The second-order valence-corrected chi connectivity index (χ2v) is 7.14. The number of furan rings is 1. The van der Waals surface area contributed by atoms with Gasteiger partial charge in [0.25, 0.3) is 5.91 Å². The van der Waals surface area contributed by atoms with Crippen LogP contribution in [0.4, 0.5) is 0 Å². The fourth-order valence-corrected chi connectivity index (χ4v) is 3.52. The number of para-hydroxylation sites is 1. The summed E-state index contributed by atoms with van der Waals surface area (Å²) in [6.45, 7) is 0.606. The minimum absolute atomic E-state index is 0.263. The highest BCUT2D eigenvalue weighted by atomic mass is 32.1. The van der Waals surface area contributed by atoms with Gasteiger partial charge in [0.1, 0.15) is 17.0 Å². The summed E-state index contributed by atoms with van der Waals surface area (Å²) in [7, 11) is 0. The molecule has 1 amide bonds. The van der Waals surface area contributed by atoms with Crippen LogP contribution in [0.5, 0.6) is 0 Å². The molecule has 5 rings (SSSR count). The SMILES string of the molecule is O=C1NC(=S)N/C1=C\c1cn(Cc2ccccc2)nc1-c1cc2ccccc2o1. The lowest BCUT2D eigenvalue weighted by Gasteiger charge is -2.00. The number of nitrogens with one attached hydrogen (secondary N) is 2. The van der Waals surface area contributed by atoms with E-state index in [1.54, 1.807) is 6.08 Å². The molecule has 1 aliphatic rings. The fraction of sp³-hybridized carbons (Fsp3) is 0.0455. The van der Waals surface area contributed by atoms with Crippen molar-refractivity contribution >= 4 is 40.3 Å². The number of amides is 1. The molecule has 2 aromatic heterocycles. The minimum Gasteiger partial charge on any atom is -0.454 e. The van der Waals surface area contributed by atoms with Crippen LogP contribution in [0.3, 0.4) is 0 Å². The van der Waals surface area contributed by atoms with Crippen molar-refractivity contribution in [2.24, 2.45) is 0 Å². The summed E-state index contributed by atoms with van der Waals surface area (Å²) in [4.78, 5) is 12.1. The van der Waals surface area contributed by atoms with Crippen molar-refractivity contribution in [2.45, 2.75) is 6.54 Å². The van der Waals surface area contributed by atoms with Crippen LogP contribution in [-0.4, -0.2) is 20.8 Å². The summed E-state index contributed by atoms with van der Waals surface area (Å²) in [5.41, 5.74) is 3.73. The van der Waals surface area contributed by atoms with Crippen molar-refractivity contribution < 1.29 is 9.21 Å². The predicted octanol–water partition coefficient (Wildman–Crippen LogP) is 3.69. The molecule has 1 saturated heterocycles. The Balaban J connectivity index is 1.60. The van der Waals surface area contributed by atoms with E-state index in [1.807, 2.05) is 71.5 Å². The molecule has 2 N–H and O–H groups in total. The molecule has 1 aliphatic heterocycles. The molecular formula is C22H16N4O2S. The first-order valence-electron chi connectivity index (χ1n) is 9.10. The summed E-state index contributed by atoms with van der Waals surface area (Å²) in [5.74, 6) is 0.382. The lowest BCUT2D eigenvalue weighted by Crippen LogP contribution is -2.21. The van der Waals surface area contributed by atoms with Crippen molar-refractivity contribution in [3.63, 3.8) is 0 Å². The molecule has 0 atom stereocenters. The first-order valence-corrected chi connectivity index (χ1v) is 9.51. The number of benzene rings is 2. The zero-order valence-electron chi connectivity index (χ0n) is 15.3. The molecule has 29 heavy (non-hydrogen) atoms. The van der Waals surface area contributed by atoms with E-state index in [2.05, 4.69) is 10.6 Å². The molecule has 3 heterocycles. The Morgan fingerprint density at radius 2 is 1.86 bits per heavy atom. The number of hydrogen-bond acceptors (Lipinski definition) is 4. The third kappa shape index (κ3) is 3.43. The van der Waals surface area contributed by atoms with E-state index in [9.17, 15) is 4.79 Å². The van der Waals surface area contributed by atoms with Crippen LogP contribution in [0.1, 0.15) is 11.1 Å². The minimum atomic E-state index is -0.263. The molecule has 142 valence electrons. The number of thiocarbonyl (C=S) groups is 1. The van der Waals surface area contributed by atoms with Gasteiger partial charge in [-0.05, 0) is 36.0 Å². The average Bonchev–Trinajstić information content (AvgIpc) is 3.39. The number of hydrogen-bond donors (Lipinski definition) is 2. The highest BCUT2D eigenvalue weighted by Crippen LogP contribution is 2.30. The van der Waals surface area contributed by atoms with Gasteiger partial charge in [-0.2, -0.15) is 5.10 Å². The molecule has 6 nitrogen and oxygen atoms in total. The second-order valence-electron chi connectivity index (χ2n) is 6.73. The van der Waals surface area contributed by atoms with Crippen molar-refractivity contribution in [2.75, 3.05) is 0 Å². The molecule has 0 aliphatic carbocycles. The predicted molar refractivity (Wildman–Crippen MR) is 115 cm³/mol. The second kappa shape index (κ2) is 7.03. The number of carbonyl (C=O) groups is 1. The quantitative estimate of drug-likeness (QED) is 0.404. The number of fused-ring (bicyclic) bond motifs is 1. The monoisotopic (exact) mass is 400 g/mol. The maximum atomic E-state index is 12.1. The van der Waals surface area contributed by atoms with Crippen LogP contribution in [0.25, 0.3) is 28.5 Å². The van der Waals surface area contributed by atoms with Crippen LogP contribution in [0.15, 0.2) is 77.0 Å². The highest BCUT2D eigenvalue weighted by molar-refractivity contribution is 7.80. The van der Waals surface area contributed by atoms with Crippen molar-refractivity contribution in [1.29, 1.82) is 0 Å². The summed E-state index contributed by atoms with van der Waals surface area (Å²) < 4.78 is 7.86. The molecule has 0 bridgehead atoms. The van der Waals surface area contributed by atoms with Crippen LogP contribution in [-0.2, 0) is 11.3 Å². The van der Waals surface area contributed by atoms with Gasteiger partial charge in [-0.15, -0.1) is 0 Å². The Hall–Kier alpha value is -3.71. The van der Waals surface area contributed by atoms with E-state index in [0.29, 0.717) is 28.8 Å². The highest BCUT2D eigenvalue weighted by Gasteiger charge is 2.22. The number of carbonyl (C=O) groups excluding carboxylic acids is 1. The van der Waals surface area contributed by atoms with Crippen molar-refractivity contribution in [1.82, 2.24) is 20.4 Å². The summed E-state index contributed by atoms with van der Waals surface area (Å²) in [5, 5.41) is 11.5. The zero-order valence-corrected chi connectivity index (χ0v) is 16.1. The number of nitrogens with zero attached hydrogens (tertiary/aromatic N) is 2. The van der Waals surface area contributed by atoms with E-state index >= 15 is 0 Å². The molecule has 1 fully saturated rings. The molecule has 0 radical (unpaired) electrons. The summed E-state index contributed by atoms with van der Waals surface area (Å²) in [6, 6.07) is 19.8. The standard InChI is InChI=1S/C22H16N4O2S/c27-21-17(23-22(29)24-21)10-16-13-26(12-14-6-2-1-3-7-14)25-20(16)19-11-15-8-4-5-9-18(15)28-19/h1-11,13H,12H2,(H2,23,24,27,29)/b17-10-. The number of aromatic nitrogens is 2. The van der Waals surface area contributed by atoms with Crippen LogP contribution in [0.2, 0.25) is 0 Å².